The summed E-state index contributed by atoms with van der Waals surface area (Å²) in [6, 6.07) is 26.2. The maximum atomic E-state index is 11.8. The molecule has 0 spiro atoms. The van der Waals surface area contributed by atoms with Crippen molar-refractivity contribution >= 4 is 44.4 Å². The van der Waals surface area contributed by atoms with Crippen LogP contribution in [0.15, 0.2) is 89.9 Å². The number of allylic oxidation sites excluding steroid dienone is 3. The zero-order chi connectivity index (χ0) is 28.3. The number of aliphatic imine (C=N–C) groups is 1. The summed E-state index contributed by atoms with van der Waals surface area (Å²) in [7, 11) is 0. The number of hydrogen-bond donors (Lipinski definition) is 0. The molecule has 0 unspecified atom stereocenters. The molecule has 3 aromatic carbocycles. The first-order valence-corrected chi connectivity index (χ1v) is 15.4. The zero-order valence-electron chi connectivity index (χ0n) is 23.8. The molecule has 0 bridgehead atoms. The number of halogens is 1. The number of carbonyl (C=O) groups is 1. The van der Waals surface area contributed by atoms with E-state index in [4.69, 9.17) is 9.73 Å². The number of benzene rings is 3. The number of fused-ring (bicyclic) bond motifs is 1. The molecule has 1 aliphatic rings. The van der Waals surface area contributed by atoms with Gasteiger partial charge in [0, 0.05) is 49.1 Å². The van der Waals surface area contributed by atoms with Crippen molar-refractivity contribution in [1.29, 1.82) is 0 Å². The third kappa shape index (κ3) is 7.39. The van der Waals surface area contributed by atoms with Crippen LogP contribution < -0.4 is 4.90 Å². The molecule has 3 aromatic rings. The summed E-state index contributed by atoms with van der Waals surface area (Å²) in [5.41, 5.74) is 10.5. The number of rotatable bonds is 12. The van der Waals surface area contributed by atoms with Gasteiger partial charge < -0.3 is 9.64 Å². The predicted octanol–water partition coefficient (Wildman–Crippen LogP) is 8.27. The lowest BCUT2D eigenvalue weighted by atomic mass is 9.83. The van der Waals surface area contributed by atoms with E-state index in [-0.39, 0.29) is 5.97 Å². The van der Waals surface area contributed by atoms with Crippen molar-refractivity contribution in [2.24, 2.45) is 4.99 Å². The molecule has 4 rings (SSSR count). The Morgan fingerprint density at radius 3 is 2.15 bits per heavy atom. The van der Waals surface area contributed by atoms with Crippen molar-refractivity contribution in [1.82, 2.24) is 0 Å². The Kier molecular flexibility index (Phi) is 10.9. The highest BCUT2D eigenvalue weighted by atomic mass is 79.9. The molecular weight excluding hydrogens is 560 g/mol. The maximum Gasteiger partial charge on any atom is 0.305 e. The average molecular weight is 600 g/mol. The molecule has 0 N–H and O–H groups in total. The fraction of sp³-hybridized carbons (Fsp3) is 0.314. The summed E-state index contributed by atoms with van der Waals surface area (Å²) in [4.78, 5) is 19.0. The fourth-order valence-corrected chi connectivity index (χ4v) is 5.28. The van der Waals surface area contributed by atoms with Gasteiger partial charge in [-0.3, -0.25) is 9.79 Å². The van der Waals surface area contributed by atoms with Gasteiger partial charge in [0.15, 0.2) is 0 Å². The van der Waals surface area contributed by atoms with E-state index in [1.54, 1.807) is 0 Å². The van der Waals surface area contributed by atoms with Crippen molar-refractivity contribution in [2.45, 2.75) is 40.0 Å². The number of carbonyl (C=O) groups excluding carboxylic acids is 1. The standard InChI is InChI=1S/C35H39BrN2O2/c1-4-38(5-2)29-19-17-28(18-20-29)35(27-15-13-26(3)14-16-27)32-21-22-33(31-11-7-6-10-30(31)32)37-24-9-25-40-34(39)12-8-23-36/h6-7,10-11,13-22H,4-5,8-9,12,23-25H2,1-3H3. The van der Waals surface area contributed by atoms with E-state index in [9.17, 15) is 4.79 Å². The first-order valence-electron chi connectivity index (χ1n) is 14.3. The Bertz CT molecular complexity index is 1370. The molecule has 0 radical (unpaired) electrons. The van der Waals surface area contributed by atoms with Gasteiger partial charge in [0.2, 0.25) is 0 Å². The van der Waals surface area contributed by atoms with Gasteiger partial charge >= 0.3 is 5.97 Å². The minimum absolute atomic E-state index is 0.140. The van der Waals surface area contributed by atoms with E-state index >= 15 is 0 Å². The summed E-state index contributed by atoms with van der Waals surface area (Å²) < 4.78 is 5.34. The lowest BCUT2D eigenvalue weighted by molar-refractivity contribution is -0.143. The van der Waals surface area contributed by atoms with Crippen molar-refractivity contribution < 1.29 is 9.53 Å². The van der Waals surface area contributed by atoms with Crippen LogP contribution in [-0.4, -0.2) is 43.3 Å². The molecule has 40 heavy (non-hydrogen) atoms. The zero-order valence-corrected chi connectivity index (χ0v) is 25.4. The maximum absolute atomic E-state index is 11.8. The molecule has 0 aromatic heterocycles. The summed E-state index contributed by atoms with van der Waals surface area (Å²) in [5, 5.41) is 0.811. The molecular formula is C35H39BrN2O2. The van der Waals surface area contributed by atoms with Gasteiger partial charge in [0.25, 0.3) is 0 Å². The molecule has 5 heteroatoms. The Hall–Kier alpha value is -3.44. The van der Waals surface area contributed by atoms with Gasteiger partial charge in [-0.2, -0.15) is 0 Å². The number of ether oxygens (including phenoxy) is 1. The second-order valence-electron chi connectivity index (χ2n) is 9.89. The minimum atomic E-state index is -0.140. The van der Waals surface area contributed by atoms with Crippen LogP contribution in [0.25, 0.3) is 11.1 Å². The summed E-state index contributed by atoms with van der Waals surface area (Å²) in [6.07, 6.45) is 6.28. The predicted molar refractivity (Wildman–Crippen MR) is 173 cm³/mol. The molecule has 0 amide bonds. The van der Waals surface area contributed by atoms with E-state index in [2.05, 4.69) is 127 Å². The number of esters is 1. The highest BCUT2D eigenvalue weighted by Crippen LogP contribution is 2.37. The topological polar surface area (TPSA) is 41.9 Å². The Labute approximate surface area is 247 Å². The highest BCUT2D eigenvalue weighted by Gasteiger charge is 2.20. The lowest BCUT2D eigenvalue weighted by Gasteiger charge is -2.23. The fourth-order valence-electron chi connectivity index (χ4n) is 5.00. The number of anilines is 1. The van der Waals surface area contributed by atoms with Gasteiger partial charge in [-0.25, -0.2) is 0 Å². The second-order valence-corrected chi connectivity index (χ2v) is 10.7. The molecule has 0 saturated heterocycles. The van der Waals surface area contributed by atoms with Crippen LogP contribution >= 0.6 is 15.9 Å². The van der Waals surface area contributed by atoms with Crippen molar-refractivity contribution in [3.8, 4) is 0 Å². The van der Waals surface area contributed by atoms with Crippen LogP contribution in [-0.2, 0) is 9.53 Å². The quantitative estimate of drug-likeness (QED) is 0.120. The van der Waals surface area contributed by atoms with Gasteiger partial charge in [-0.1, -0.05) is 88.2 Å². The van der Waals surface area contributed by atoms with Crippen LogP contribution in [0.2, 0.25) is 0 Å². The Morgan fingerprint density at radius 2 is 1.50 bits per heavy atom. The molecule has 1 aliphatic carbocycles. The van der Waals surface area contributed by atoms with Crippen LogP contribution in [0.5, 0.6) is 0 Å². The van der Waals surface area contributed by atoms with Crippen molar-refractivity contribution in [2.75, 3.05) is 36.5 Å². The largest absolute Gasteiger partial charge is 0.466 e. The first kappa shape index (κ1) is 29.5. The van der Waals surface area contributed by atoms with E-state index in [0.29, 0.717) is 26.0 Å². The Morgan fingerprint density at radius 1 is 0.850 bits per heavy atom. The van der Waals surface area contributed by atoms with E-state index < -0.39 is 0 Å². The Balaban J connectivity index is 1.67. The van der Waals surface area contributed by atoms with Crippen LogP contribution in [0.3, 0.4) is 0 Å². The number of nitrogens with zero attached hydrogens (tertiary/aromatic N) is 2. The van der Waals surface area contributed by atoms with Crippen molar-refractivity contribution in [3.05, 3.63) is 113 Å². The van der Waals surface area contributed by atoms with Crippen LogP contribution in [0.1, 0.15) is 60.9 Å². The number of alkyl halides is 1. The summed E-state index contributed by atoms with van der Waals surface area (Å²) >= 11 is 3.35. The molecule has 0 atom stereocenters. The SMILES string of the molecule is CCN(CC)c1ccc(C(=C2C=CC(=NCCCOC(=O)CCCBr)c3ccccc32)c2ccc(C)cc2)cc1. The molecule has 0 heterocycles. The normalized spacial score (nSPS) is 14.7. The molecule has 0 saturated carbocycles. The lowest BCUT2D eigenvalue weighted by Crippen LogP contribution is -2.21. The van der Waals surface area contributed by atoms with Gasteiger partial charge in [0.1, 0.15) is 0 Å². The third-order valence-corrected chi connectivity index (χ3v) is 7.72. The number of hydrogen-bond acceptors (Lipinski definition) is 4. The molecule has 0 aliphatic heterocycles. The summed E-state index contributed by atoms with van der Waals surface area (Å²) in [5.74, 6) is -0.140. The monoisotopic (exact) mass is 598 g/mol. The van der Waals surface area contributed by atoms with Crippen molar-refractivity contribution in [3.63, 3.8) is 0 Å². The second kappa shape index (κ2) is 14.8. The van der Waals surface area contributed by atoms with E-state index in [1.807, 2.05) is 0 Å². The molecule has 0 fully saturated rings. The smallest absolute Gasteiger partial charge is 0.305 e. The summed E-state index contributed by atoms with van der Waals surface area (Å²) in [6.45, 7) is 9.49. The van der Waals surface area contributed by atoms with Gasteiger partial charge in [0.05, 0.1) is 12.3 Å². The highest BCUT2D eigenvalue weighted by molar-refractivity contribution is 9.09. The van der Waals surface area contributed by atoms with E-state index in [1.165, 1.54) is 39.1 Å². The molecule has 4 nitrogen and oxygen atoms in total. The third-order valence-electron chi connectivity index (χ3n) is 7.16. The average Bonchev–Trinajstić information content (AvgIpc) is 2.99. The van der Waals surface area contributed by atoms with Crippen LogP contribution in [0, 0.1) is 6.92 Å². The van der Waals surface area contributed by atoms with Gasteiger partial charge in [-0.05, 0) is 73.2 Å². The van der Waals surface area contributed by atoms with E-state index in [0.717, 1.165) is 36.1 Å². The van der Waals surface area contributed by atoms with Gasteiger partial charge in [-0.15, -0.1) is 0 Å². The number of aryl methyl sites for hydroxylation is 1. The molecule has 208 valence electrons. The van der Waals surface area contributed by atoms with Crippen LogP contribution in [0.4, 0.5) is 5.69 Å². The first-order chi connectivity index (χ1) is 19.5. The minimum Gasteiger partial charge on any atom is -0.466 e.